The molecule has 0 saturated carbocycles. The zero-order chi connectivity index (χ0) is 15.2. The molecule has 116 valence electrons. The van der Waals surface area contributed by atoms with E-state index in [-0.39, 0.29) is 18.1 Å². The fourth-order valence-electron chi connectivity index (χ4n) is 2.57. The van der Waals surface area contributed by atoms with E-state index in [1.165, 1.54) is 30.1 Å². The van der Waals surface area contributed by atoms with Crippen molar-refractivity contribution >= 4 is 11.6 Å². The number of carbonyl (C=O) groups excluding carboxylic acids is 1. The van der Waals surface area contributed by atoms with Crippen LogP contribution in [0.2, 0.25) is 0 Å². The van der Waals surface area contributed by atoms with E-state index in [0.717, 1.165) is 19.3 Å². The number of piperidine rings is 1. The number of hydrogen-bond donors (Lipinski definition) is 1. The molecule has 8 nitrogen and oxygen atoms in total. The molecule has 0 aromatic carbocycles. The van der Waals surface area contributed by atoms with Crippen molar-refractivity contribution in [2.75, 3.05) is 19.6 Å². The van der Waals surface area contributed by atoms with E-state index in [0.29, 0.717) is 12.6 Å². The molecule has 0 spiro atoms. The molecule has 1 saturated heterocycles. The largest absolute Gasteiger partial charge is 0.353 e. The van der Waals surface area contributed by atoms with E-state index in [1.54, 1.807) is 0 Å². The smallest absolute Gasteiger partial charge is 0.307 e. The maximum atomic E-state index is 11.8. The van der Waals surface area contributed by atoms with Crippen molar-refractivity contribution in [1.82, 2.24) is 20.0 Å². The average molecular weight is 295 g/mol. The minimum absolute atomic E-state index is 0.00337. The number of amides is 1. The Balaban J connectivity index is 1.70. The van der Waals surface area contributed by atoms with Gasteiger partial charge in [0.1, 0.15) is 18.9 Å². The Labute approximate surface area is 123 Å². The van der Waals surface area contributed by atoms with Gasteiger partial charge in [0.15, 0.2) is 0 Å². The summed E-state index contributed by atoms with van der Waals surface area (Å²) in [5.41, 5.74) is -0.107. The van der Waals surface area contributed by atoms with E-state index >= 15 is 0 Å². The van der Waals surface area contributed by atoms with Crippen molar-refractivity contribution in [2.45, 2.75) is 38.8 Å². The van der Waals surface area contributed by atoms with Crippen LogP contribution in [-0.2, 0) is 11.3 Å². The average Bonchev–Trinajstić information content (AvgIpc) is 2.89. The third-order valence-corrected chi connectivity index (χ3v) is 3.80. The van der Waals surface area contributed by atoms with Crippen molar-refractivity contribution in [3.05, 3.63) is 22.5 Å². The van der Waals surface area contributed by atoms with Crippen LogP contribution < -0.4 is 5.32 Å². The lowest BCUT2D eigenvalue weighted by molar-refractivity contribution is -0.385. The van der Waals surface area contributed by atoms with E-state index < -0.39 is 4.92 Å². The third-order valence-electron chi connectivity index (χ3n) is 3.80. The van der Waals surface area contributed by atoms with E-state index in [2.05, 4.69) is 22.2 Å². The van der Waals surface area contributed by atoms with Gasteiger partial charge in [0.05, 0.1) is 4.92 Å². The molecule has 21 heavy (non-hydrogen) atoms. The summed E-state index contributed by atoms with van der Waals surface area (Å²) >= 11 is 0. The van der Waals surface area contributed by atoms with Gasteiger partial charge < -0.3 is 5.32 Å². The zero-order valence-corrected chi connectivity index (χ0v) is 12.2. The quantitative estimate of drug-likeness (QED) is 0.618. The second kappa shape index (κ2) is 7.16. The first kappa shape index (κ1) is 15.4. The summed E-state index contributed by atoms with van der Waals surface area (Å²) in [6, 6.07) is 0.574. The van der Waals surface area contributed by atoms with Crippen molar-refractivity contribution in [3.63, 3.8) is 0 Å². The predicted octanol–water partition coefficient (Wildman–Crippen LogP) is 0.782. The van der Waals surface area contributed by atoms with Crippen molar-refractivity contribution in [2.24, 2.45) is 0 Å². The lowest BCUT2D eigenvalue weighted by Crippen LogP contribution is -2.42. The first-order chi connectivity index (χ1) is 10.1. The Bertz CT molecular complexity index is 502. The fraction of sp³-hybridized carbons (Fsp3) is 0.692. The van der Waals surface area contributed by atoms with Gasteiger partial charge in [0.2, 0.25) is 5.91 Å². The van der Waals surface area contributed by atoms with Gasteiger partial charge in [-0.2, -0.15) is 5.10 Å². The molecular formula is C13H21N5O3. The lowest BCUT2D eigenvalue weighted by Gasteiger charge is -2.33. The molecule has 1 aromatic rings. The Morgan fingerprint density at radius 2 is 2.38 bits per heavy atom. The highest BCUT2D eigenvalue weighted by molar-refractivity contribution is 5.75. The molecule has 1 aromatic heterocycles. The van der Waals surface area contributed by atoms with Gasteiger partial charge in [-0.05, 0) is 26.3 Å². The summed E-state index contributed by atoms with van der Waals surface area (Å²) in [5, 5.41) is 17.1. The molecule has 1 aliphatic rings. The zero-order valence-electron chi connectivity index (χ0n) is 12.2. The molecule has 0 bridgehead atoms. The topological polar surface area (TPSA) is 93.3 Å². The van der Waals surface area contributed by atoms with Crippen molar-refractivity contribution in [1.29, 1.82) is 0 Å². The molecule has 1 N–H and O–H groups in total. The van der Waals surface area contributed by atoms with Gasteiger partial charge in [0, 0.05) is 19.1 Å². The molecule has 0 aliphatic carbocycles. The van der Waals surface area contributed by atoms with Crippen LogP contribution >= 0.6 is 0 Å². The maximum absolute atomic E-state index is 11.8. The summed E-state index contributed by atoms with van der Waals surface area (Å²) in [6.07, 6.45) is 6.11. The molecular weight excluding hydrogens is 274 g/mol. The summed E-state index contributed by atoms with van der Waals surface area (Å²) < 4.78 is 1.27. The van der Waals surface area contributed by atoms with E-state index in [1.807, 2.05) is 0 Å². The van der Waals surface area contributed by atoms with Gasteiger partial charge in [-0.15, -0.1) is 0 Å². The maximum Gasteiger partial charge on any atom is 0.307 e. The number of hydrogen-bond acceptors (Lipinski definition) is 5. The molecule has 0 radical (unpaired) electrons. The number of aromatic nitrogens is 2. The Kier molecular flexibility index (Phi) is 5.26. The fourth-order valence-corrected chi connectivity index (χ4v) is 2.57. The molecule has 1 unspecified atom stereocenters. The molecule has 1 aliphatic heterocycles. The Morgan fingerprint density at radius 1 is 1.57 bits per heavy atom. The van der Waals surface area contributed by atoms with Crippen molar-refractivity contribution in [3.8, 4) is 0 Å². The minimum Gasteiger partial charge on any atom is -0.353 e. The number of carbonyl (C=O) groups is 1. The number of nitrogens with zero attached hydrogens (tertiary/aromatic N) is 4. The number of rotatable bonds is 6. The normalized spacial score (nSPS) is 19.4. The highest BCUT2D eigenvalue weighted by atomic mass is 16.6. The molecule has 2 rings (SSSR count). The monoisotopic (exact) mass is 295 g/mol. The first-order valence-electron chi connectivity index (χ1n) is 7.24. The molecule has 8 heteroatoms. The van der Waals surface area contributed by atoms with Gasteiger partial charge >= 0.3 is 5.69 Å². The summed E-state index contributed by atoms with van der Waals surface area (Å²) in [4.78, 5) is 24.1. The van der Waals surface area contributed by atoms with Crippen LogP contribution in [0.4, 0.5) is 5.69 Å². The van der Waals surface area contributed by atoms with Gasteiger partial charge in [-0.25, -0.2) is 0 Å². The Morgan fingerprint density at radius 3 is 3.05 bits per heavy atom. The van der Waals surface area contributed by atoms with Gasteiger partial charge in [-0.3, -0.25) is 24.5 Å². The van der Waals surface area contributed by atoms with E-state index in [9.17, 15) is 14.9 Å². The Hall–Kier alpha value is -1.96. The highest BCUT2D eigenvalue weighted by Gasteiger charge is 2.17. The number of nitro groups is 1. The lowest BCUT2D eigenvalue weighted by atomic mass is 10.0. The standard InChI is InChI=1S/C13H21N5O3/c1-11-4-2-3-6-16(11)7-5-14-13(19)10-17-9-12(8-15-17)18(20)21/h8-9,11H,2-7,10H2,1H3,(H,14,19). The SMILES string of the molecule is CC1CCCCN1CCNC(=O)Cn1cc([N+](=O)[O-])cn1. The van der Waals surface area contributed by atoms with Gasteiger partial charge in [-0.1, -0.05) is 6.42 Å². The molecule has 1 atom stereocenters. The van der Waals surface area contributed by atoms with Crippen LogP contribution in [0.25, 0.3) is 0 Å². The van der Waals surface area contributed by atoms with Crippen LogP contribution in [-0.4, -0.2) is 51.2 Å². The summed E-state index contributed by atoms with van der Waals surface area (Å²) in [7, 11) is 0. The molecule has 1 fully saturated rings. The second-order valence-electron chi connectivity index (χ2n) is 5.38. The van der Waals surface area contributed by atoms with Crippen molar-refractivity contribution < 1.29 is 9.72 Å². The first-order valence-corrected chi connectivity index (χ1v) is 7.24. The van der Waals surface area contributed by atoms with Gasteiger partial charge in [0.25, 0.3) is 0 Å². The molecule has 2 heterocycles. The predicted molar refractivity (Wildman–Crippen MR) is 76.8 cm³/mol. The highest BCUT2D eigenvalue weighted by Crippen LogP contribution is 2.15. The van der Waals surface area contributed by atoms with Crippen LogP contribution in [0.1, 0.15) is 26.2 Å². The number of likely N-dealkylation sites (tertiary alicyclic amines) is 1. The van der Waals surface area contributed by atoms with Crippen LogP contribution in [0.5, 0.6) is 0 Å². The van der Waals surface area contributed by atoms with Crippen LogP contribution in [0, 0.1) is 10.1 Å². The third kappa shape index (κ3) is 4.52. The van der Waals surface area contributed by atoms with Crippen LogP contribution in [0.15, 0.2) is 12.4 Å². The minimum atomic E-state index is -0.529. The molecule has 1 amide bonds. The van der Waals surface area contributed by atoms with E-state index in [4.69, 9.17) is 0 Å². The number of nitrogens with one attached hydrogen (secondary N) is 1. The van der Waals surface area contributed by atoms with Crippen LogP contribution in [0.3, 0.4) is 0 Å². The second-order valence-corrected chi connectivity index (χ2v) is 5.38. The summed E-state index contributed by atoms with van der Waals surface area (Å²) in [5.74, 6) is -0.183. The summed E-state index contributed by atoms with van der Waals surface area (Å²) in [6.45, 7) is 4.73.